The van der Waals surface area contributed by atoms with E-state index >= 15 is 0 Å². The summed E-state index contributed by atoms with van der Waals surface area (Å²) in [5.41, 5.74) is 1.20. The number of hydrogen-bond acceptors (Lipinski definition) is 5. The monoisotopic (exact) mass is 413 g/mol. The molecule has 0 aliphatic carbocycles. The lowest BCUT2D eigenvalue weighted by Gasteiger charge is -2.45. The summed E-state index contributed by atoms with van der Waals surface area (Å²) in [4.78, 5) is 9.84. The number of rotatable bonds is 7. The number of guanidine groups is 1. The summed E-state index contributed by atoms with van der Waals surface area (Å²) in [6.07, 6.45) is 0. The lowest BCUT2D eigenvalue weighted by molar-refractivity contribution is 0.0442. The molecule has 3 rings (SSSR count). The maximum Gasteiger partial charge on any atom is 0.194 e. The van der Waals surface area contributed by atoms with Crippen LogP contribution in [0, 0.1) is 6.92 Å². The Morgan fingerprint density at radius 2 is 1.87 bits per heavy atom. The van der Waals surface area contributed by atoms with Crippen molar-refractivity contribution in [2.24, 2.45) is 12.0 Å². The van der Waals surface area contributed by atoms with E-state index in [0.29, 0.717) is 25.2 Å². The number of nitrogens with one attached hydrogen (secondary N) is 1. The van der Waals surface area contributed by atoms with Crippen LogP contribution >= 0.6 is 0 Å². The summed E-state index contributed by atoms with van der Waals surface area (Å²) in [5, 5.41) is 12.0. The van der Waals surface area contributed by atoms with E-state index in [-0.39, 0.29) is 0 Å². The third-order valence-corrected chi connectivity index (χ3v) is 5.80. The molecule has 2 atom stereocenters. The fourth-order valence-corrected chi connectivity index (χ4v) is 3.95. The molecular weight excluding hydrogens is 378 g/mol. The maximum absolute atomic E-state index is 5.30. The lowest BCUT2D eigenvalue weighted by atomic mass is 10.1. The Morgan fingerprint density at radius 3 is 2.47 bits per heavy atom. The molecule has 0 bridgehead atoms. The Bertz CT molecular complexity index is 808. The van der Waals surface area contributed by atoms with Gasteiger partial charge in [-0.2, -0.15) is 0 Å². The molecule has 1 aliphatic rings. The van der Waals surface area contributed by atoms with Crippen LogP contribution in [0.25, 0.3) is 0 Å². The van der Waals surface area contributed by atoms with Gasteiger partial charge in [-0.05, 0) is 26.3 Å². The second-order valence-electron chi connectivity index (χ2n) is 8.04. The molecule has 0 radical (unpaired) electrons. The summed E-state index contributed by atoms with van der Waals surface area (Å²) < 4.78 is 7.31. The second-order valence-corrected chi connectivity index (χ2v) is 8.04. The Hall–Kier alpha value is -2.45. The number of nitrogens with zero attached hydrogens (tertiary/aromatic N) is 6. The van der Waals surface area contributed by atoms with Crippen molar-refractivity contribution in [3.8, 4) is 0 Å². The molecule has 164 valence electrons. The number of aliphatic imine (C=N–C) groups is 1. The predicted octanol–water partition coefficient (Wildman–Crippen LogP) is 1.81. The third kappa shape index (κ3) is 5.58. The fourth-order valence-electron chi connectivity index (χ4n) is 3.95. The highest BCUT2D eigenvalue weighted by atomic mass is 16.5. The van der Waals surface area contributed by atoms with E-state index in [1.807, 2.05) is 24.6 Å². The molecule has 1 aromatic heterocycles. The maximum atomic E-state index is 5.30. The molecular formula is C22H35N7O. The lowest BCUT2D eigenvalue weighted by Crippen LogP contribution is -2.60. The molecule has 1 aliphatic heterocycles. The van der Waals surface area contributed by atoms with E-state index in [4.69, 9.17) is 9.73 Å². The molecule has 0 spiro atoms. The minimum Gasteiger partial charge on any atom is -0.383 e. The molecule has 1 fully saturated rings. The first-order valence-corrected chi connectivity index (χ1v) is 10.7. The highest BCUT2D eigenvalue weighted by molar-refractivity contribution is 5.80. The molecule has 0 amide bonds. The number of piperazine rings is 1. The quantitative estimate of drug-likeness (QED) is 0.551. The average Bonchev–Trinajstić information content (AvgIpc) is 3.06. The molecule has 1 aromatic carbocycles. The average molecular weight is 414 g/mol. The van der Waals surface area contributed by atoms with Crippen LogP contribution in [-0.4, -0.2) is 76.0 Å². The zero-order valence-corrected chi connectivity index (χ0v) is 18.9. The van der Waals surface area contributed by atoms with Crippen molar-refractivity contribution in [3.63, 3.8) is 0 Å². The van der Waals surface area contributed by atoms with Gasteiger partial charge >= 0.3 is 0 Å². The van der Waals surface area contributed by atoms with E-state index in [1.165, 1.54) is 5.56 Å². The molecule has 1 N–H and O–H groups in total. The molecule has 0 saturated carbocycles. The molecule has 8 heteroatoms. The number of aromatic nitrogens is 3. The predicted molar refractivity (Wildman–Crippen MR) is 119 cm³/mol. The zero-order chi connectivity index (χ0) is 21.5. The molecule has 2 heterocycles. The van der Waals surface area contributed by atoms with Gasteiger partial charge in [0.1, 0.15) is 5.82 Å². The Kier molecular flexibility index (Phi) is 7.81. The van der Waals surface area contributed by atoms with Crippen LogP contribution in [0.1, 0.15) is 31.1 Å². The highest BCUT2D eigenvalue weighted by Gasteiger charge is 2.30. The van der Waals surface area contributed by atoms with E-state index in [9.17, 15) is 0 Å². The SMILES string of the molecule is COCCN1C(C)CN(C(=NCc2ccccc2)NCc2nnc(C)n2C)CC1C. The van der Waals surface area contributed by atoms with Gasteiger partial charge in [0.05, 0.1) is 19.7 Å². The number of ether oxygens (including phenoxy) is 1. The van der Waals surface area contributed by atoms with Crippen LogP contribution in [0.4, 0.5) is 0 Å². The molecule has 1 saturated heterocycles. The van der Waals surface area contributed by atoms with Gasteiger partial charge in [0.15, 0.2) is 11.8 Å². The topological polar surface area (TPSA) is 70.8 Å². The van der Waals surface area contributed by atoms with Crippen LogP contribution in [0.2, 0.25) is 0 Å². The van der Waals surface area contributed by atoms with Gasteiger partial charge in [0, 0.05) is 45.9 Å². The van der Waals surface area contributed by atoms with E-state index in [2.05, 4.69) is 63.4 Å². The van der Waals surface area contributed by atoms with E-state index in [1.54, 1.807) is 7.11 Å². The summed E-state index contributed by atoms with van der Waals surface area (Å²) >= 11 is 0. The van der Waals surface area contributed by atoms with Gasteiger partial charge < -0.3 is 19.5 Å². The molecule has 2 aromatic rings. The van der Waals surface area contributed by atoms with Gasteiger partial charge in [-0.15, -0.1) is 10.2 Å². The van der Waals surface area contributed by atoms with Crippen molar-refractivity contribution >= 4 is 5.96 Å². The van der Waals surface area contributed by atoms with Gasteiger partial charge in [-0.25, -0.2) is 4.99 Å². The number of hydrogen-bond donors (Lipinski definition) is 1. The zero-order valence-electron chi connectivity index (χ0n) is 18.9. The standard InChI is InChI=1S/C22H35N7O/c1-17-15-28(16-18(2)29(17)11-12-30-5)22(23-13-20-9-7-6-8-10-20)24-14-21-26-25-19(3)27(21)4/h6-10,17-18H,11-16H2,1-5H3,(H,23,24). The summed E-state index contributed by atoms with van der Waals surface area (Å²) in [7, 11) is 3.75. The van der Waals surface area contributed by atoms with Crippen LogP contribution in [0.3, 0.4) is 0 Å². The minimum absolute atomic E-state index is 0.421. The summed E-state index contributed by atoms with van der Waals surface area (Å²) in [6, 6.07) is 11.2. The molecule has 8 nitrogen and oxygen atoms in total. The highest BCUT2D eigenvalue weighted by Crippen LogP contribution is 2.16. The van der Waals surface area contributed by atoms with Crippen molar-refractivity contribution in [1.29, 1.82) is 0 Å². The normalized spacial score (nSPS) is 20.6. The third-order valence-electron chi connectivity index (χ3n) is 5.80. The first-order valence-electron chi connectivity index (χ1n) is 10.7. The van der Waals surface area contributed by atoms with Crippen molar-refractivity contribution in [1.82, 2.24) is 29.9 Å². The van der Waals surface area contributed by atoms with Crippen molar-refractivity contribution in [3.05, 3.63) is 47.5 Å². The second kappa shape index (κ2) is 10.5. The largest absolute Gasteiger partial charge is 0.383 e. The Morgan fingerprint density at radius 1 is 1.17 bits per heavy atom. The Balaban J connectivity index is 1.74. The minimum atomic E-state index is 0.421. The van der Waals surface area contributed by atoms with Gasteiger partial charge in [-0.1, -0.05) is 30.3 Å². The van der Waals surface area contributed by atoms with E-state index in [0.717, 1.165) is 43.8 Å². The number of benzene rings is 1. The van der Waals surface area contributed by atoms with Crippen LogP contribution in [0.15, 0.2) is 35.3 Å². The van der Waals surface area contributed by atoms with Crippen LogP contribution in [0.5, 0.6) is 0 Å². The molecule has 2 unspecified atom stereocenters. The molecule has 30 heavy (non-hydrogen) atoms. The smallest absolute Gasteiger partial charge is 0.194 e. The number of methoxy groups -OCH3 is 1. The van der Waals surface area contributed by atoms with E-state index < -0.39 is 0 Å². The van der Waals surface area contributed by atoms with Gasteiger partial charge in [-0.3, -0.25) is 4.90 Å². The summed E-state index contributed by atoms with van der Waals surface area (Å²) in [6.45, 7) is 11.3. The fraction of sp³-hybridized carbons (Fsp3) is 0.591. The van der Waals surface area contributed by atoms with Gasteiger partial charge in [0.25, 0.3) is 0 Å². The van der Waals surface area contributed by atoms with Crippen LogP contribution < -0.4 is 5.32 Å². The number of aryl methyl sites for hydroxylation is 1. The first kappa shape index (κ1) is 22.2. The van der Waals surface area contributed by atoms with Gasteiger partial charge in [0.2, 0.25) is 0 Å². The first-order chi connectivity index (χ1) is 14.5. The van der Waals surface area contributed by atoms with Crippen molar-refractivity contribution in [2.45, 2.75) is 45.9 Å². The van der Waals surface area contributed by atoms with Crippen molar-refractivity contribution in [2.75, 3.05) is 33.4 Å². The Labute approximate surface area is 179 Å². The van der Waals surface area contributed by atoms with Crippen molar-refractivity contribution < 1.29 is 4.74 Å². The van der Waals surface area contributed by atoms with Crippen LogP contribution in [-0.2, 0) is 24.9 Å². The summed E-state index contributed by atoms with van der Waals surface area (Å²) in [5.74, 6) is 2.73.